The minimum absolute atomic E-state index is 0.274. The summed E-state index contributed by atoms with van der Waals surface area (Å²) in [5.41, 5.74) is 4.61. The third-order valence-electron chi connectivity index (χ3n) is 3.75. The van der Waals surface area contributed by atoms with Gasteiger partial charge in [0.05, 0.1) is 11.8 Å². The molecule has 22 heavy (non-hydrogen) atoms. The van der Waals surface area contributed by atoms with Crippen LogP contribution in [0.3, 0.4) is 0 Å². The maximum Gasteiger partial charge on any atom is 0.123 e. The zero-order chi connectivity index (χ0) is 15.7. The van der Waals surface area contributed by atoms with Gasteiger partial charge in [-0.2, -0.15) is 0 Å². The zero-order valence-electron chi connectivity index (χ0n) is 12.5. The van der Waals surface area contributed by atoms with E-state index in [1.807, 2.05) is 29.9 Å². The molecule has 0 amide bonds. The van der Waals surface area contributed by atoms with Crippen molar-refractivity contribution in [3.63, 3.8) is 0 Å². The van der Waals surface area contributed by atoms with Gasteiger partial charge in [0.2, 0.25) is 0 Å². The quantitative estimate of drug-likeness (QED) is 0.795. The first-order valence-corrected chi connectivity index (χ1v) is 7.11. The Hall–Kier alpha value is -2.46. The van der Waals surface area contributed by atoms with Crippen LogP contribution in [0.5, 0.6) is 0 Å². The lowest BCUT2D eigenvalue weighted by atomic mass is 9.96. The number of aliphatic hydroxyl groups is 1. The fourth-order valence-electron chi connectivity index (χ4n) is 2.82. The predicted octanol–water partition coefficient (Wildman–Crippen LogP) is 3.95. The van der Waals surface area contributed by atoms with Crippen LogP contribution in [0.25, 0.3) is 22.3 Å². The average molecular weight is 296 g/mol. The molecule has 0 aliphatic carbocycles. The number of aryl methyl sites for hydroxylation is 1. The van der Waals surface area contributed by atoms with Gasteiger partial charge in [-0.3, -0.25) is 4.98 Å². The maximum absolute atomic E-state index is 13.2. The van der Waals surface area contributed by atoms with Crippen molar-refractivity contribution >= 4 is 0 Å². The van der Waals surface area contributed by atoms with Crippen molar-refractivity contribution in [1.82, 2.24) is 9.55 Å². The number of aromatic nitrogens is 2. The van der Waals surface area contributed by atoms with Crippen molar-refractivity contribution in [3.05, 3.63) is 66.5 Å². The lowest BCUT2D eigenvalue weighted by Gasteiger charge is -2.12. The molecule has 0 bridgehead atoms. The van der Waals surface area contributed by atoms with E-state index in [0.717, 1.165) is 27.9 Å². The van der Waals surface area contributed by atoms with E-state index in [4.69, 9.17) is 0 Å². The molecule has 112 valence electrons. The maximum atomic E-state index is 13.2. The first-order chi connectivity index (χ1) is 10.6. The third kappa shape index (κ3) is 2.53. The minimum Gasteiger partial charge on any atom is -0.387 e. The van der Waals surface area contributed by atoms with Crippen LogP contribution in [0, 0.1) is 5.82 Å². The SMILES string of the molecule is CC(O)c1c(-c2ccc(F)cc2)c(-c2ccncc2)cn1C. The number of benzene rings is 1. The van der Waals surface area contributed by atoms with Crippen LogP contribution in [0.2, 0.25) is 0 Å². The van der Waals surface area contributed by atoms with Gasteiger partial charge in [-0.05, 0) is 42.3 Å². The number of hydrogen-bond donors (Lipinski definition) is 1. The summed E-state index contributed by atoms with van der Waals surface area (Å²) in [4.78, 5) is 4.04. The number of rotatable bonds is 3. The molecule has 1 atom stereocenters. The van der Waals surface area contributed by atoms with Gasteiger partial charge in [-0.15, -0.1) is 0 Å². The van der Waals surface area contributed by atoms with Gasteiger partial charge in [0, 0.05) is 36.8 Å². The van der Waals surface area contributed by atoms with E-state index in [0.29, 0.717) is 0 Å². The summed E-state index contributed by atoms with van der Waals surface area (Å²) < 4.78 is 15.1. The van der Waals surface area contributed by atoms with E-state index in [1.165, 1.54) is 12.1 Å². The highest BCUT2D eigenvalue weighted by Crippen LogP contribution is 2.38. The molecule has 1 aromatic carbocycles. The highest BCUT2D eigenvalue weighted by Gasteiger charge is 2.20. The Morgan fingerprint density at radius 1 is 1.05 bits per heavy atom. The number of hydrogen-bond acceptors (Lipinski definition) is 2. The van der Waals surface area contributed by atoms with Crippen LogP contribution in [-0.4, -0.2) is 14.7 Å². The summed E-state index contributed by atoms with van der Waals surface area (Å²) in [6, 6.07) is 10.2. The van der Waals surface area contributed by atoms with Crippen molar-refractivity contribution in [2.45, 2.75) is 13.0 Å². The summed E-state index contributed by atoms with van der Waals surface area (Å²) in [6.07, 6.45) is 4.83. The number of pyridine rings is 1. The molecular weight excluding hydrogens is 279 g/mol. The zero-order valence-corrected chi connectivity index (χ0v) is 12.5. The molecule has 2 heterocycles. The predicted molar refractivity (Wildman–Crippen MR) is 84.7 cm³/mol. The van der Waals surface area contributed by atoms with Crippen molar-refractivity contribution < 1.29 is 9.50 Å². The normalized spacial score (nSPS) is 12.4. The van der Waals surface area contributed by atoms with Gasteiger partial charge in [0.1, 0.15) is 5.82 Å². The van der Waals surface area contributed by atoms with Gasteiger partial charge >= 0.3 is 0 Å². The van der Waals surface area contributed by atoms with Crippen LogP contribution in [0.4, 0.5) is 4.39 Å². The molecule has 0 saturated carbocycles. The molecule has 1 N–H and O–H groups in total. The average Bonchev–Trinajstić information content (AvgIpc) is 2.86. The van der Waals surface area contributed by atoms with E-state index in [9.17, 15) is 9.50 Å². The van der Waals surface area contributed by atoms with Crippen molar-refractivity contribution in [2.75, 3.05) is 0 Å². The second-order valence-corrected chi connectivity index (χ2v) is 5.33. The van der Waals surface area contributed by atoms with Crippen LogP contribution in [0.1, 0.15) is 18.7 Å². The molecule has 0 radical (unpaired) electrons. The Bertz CT molecular complexity index is 777. The molecule has 0 aliphatic rings. The van der Waals surface area contributed by atoms with E-state index < -0.39 is 6.10 Å². The van der Waals surface area contributed by atoms with Gasteiger partial charge in [0.15, 0.2) is 0 Å². The second-order valence-electron chi connectivity index (χ2n) is 5.33. The highest BCUT2D eigenvalue weighted by molar-refractivity contribution is 5.85. The molecule has 3 nitrogen and oxygen atoms in total. The van der Waals surface area contributed by atoms with Crippen molar-refractivity contribution in [3.8, 4) is 22.3 Å². The molecule has 0 spiro atoms. The second kappa shape index (κ2) is 5.73. The molecule has 0 fully saturated rings. The Morgan fingerprint density at radius 2 is 1.68 bits per heavy atom. The molecule has 4 heteroatoms. The molecule has 0 saturated heterocycles. The van der Waals surface area contributed by atoms with Crippen molar-refractivity contribution in [2.24, 2.45) is 7.05 Å². The van der Waals surface area contributed by atoms with Gasteiger partial charge in [-0.1, -0.05) is 12.1 Å². The van der Waals surface area contributed by atoms with Gasteiger partial charge in [-0.25, -0.2) is 4.39 Å². The van der Waals surface area contributed by atoms with Crippen molar-refractivity contribution in [1.29, 1.82) is 0 Å². The summed E-state index contributed by atoms with van der Waals surface area (Å²) in [5.74, 6) is -0.274. The molecule has 2 aromatic heterocycles. The summed E-state index contributed by atoms with van der Waals surface area (Å²) in [6.45, 7) is 1.73. The number of nitrogens with zero attached hydrogens (tertiary/aromatic N) is 2. The largest absolute Gasteiger partial charge is 0.387 e. The standard InChI is InChI=1S/C18H17FN2O/c1-12(22)18-17(14-3-5-15(19)6-4-14)16(11-21(18)2)13-7-9-20-10-8-13/h3-12,22H,1-2H3. The van der Waals surface area contributed by atoms with Crippen LogP contribution in [0.15, 0.2) is 55.0 Å². The minimum atomic E-state index is -0.624. The lowest BCUT2D eigenvalue weighted by molar-refractivity contribution is 0.191. The topological polar surface area (TPSA) is 38.1 Å². The summed E-state index contributed by atoms with van der Waals surface area (Å²) in [7, 11) is 1.90. The van der Waals surface area contributed by atoms with Gasteiger partial charge in [0.25, 0.3) is 0 Å². The molecule has 0 aliphatic heterocycles. The number of aliphatic hydroxyl groups excluding tert-OH is 1. The monoisotopic (exact) mass is 296 g/mol. The fraction of sp³-hybridized carbons (Fsp3) is 0.167. The smallest absolute Gasteiger partial charge is 0.123 e. The van der Waals surface area contributed by atoms with E-state index in [2.05, 4.69) is 4.98 Å². The van der Waals surface area contributed by atoms with E-state index in [-0.39, 0.29) is 5.82 Å². The van der Waals surface area contributed by atoms with Crippen LogP contribution < -0.4 is 0 Å². The van der Waals surface area contributed by atoms with Crippen LogP contribution in [-0.2, 0) is 7.05 Å². The highest BCUT2D eigenvalue weighted by atomic mass is 19.1. The Kier molecular flexibility index (Phi) is 3.77. The molecule has 3 aromatic rings. The first-order valence-electron chi connectivity index (χ1n) is 7.11. The Labute approximate surface area is 128 Å². The van der Waals surface area contributed by atoms with E-state index in [1.54, 1.807) is 31.5 Å². The third-order valence-corrected chi connectivity index (χ3v) is 3.75. The molecular formula is C18H17FN2O. The fourth-order valence-corrected chi connectivity index (χ4v) is 2.82. The van der Waals surface area contributed by atoms with E-state index >= 15 is 0 Å². The lowest BCUT2D eigenvalue weighted by Crippen LogP contribution is -2.01. The first kappa shape index (κ1) is 14.5. The summed E-state index contributed by atoms with van der Waals surface area (Å²) >= 11 is 0. The van der Waals surface area contributed by atoms with Crippen LogP contribution >= 0.6 is 0 Å². The Balaban J connectivity index is 2.27. The Morgan fingerprint density at radius 3 is 2.27 bits per heavy atom. The molecule has 1 unspecified atom stereocenters. The summed E-state index contributed by atoms with van der Waals surface area (Å²) in [5, 5.41) is 10.2. The van der Waals surface area contributed by atoms with Gasteiger partial charge < -0.3 is 9.67 Å². The molecule has 3 rings (SSSR count). The number of halogens is 1.